The second kappa shape index (κ2) is 5.21. The van der Waals surface area contributed by atoms with Gasteiger partial charge in [0.05, 0.1) is 5.60 Å². The van der Waals surface area contributed by atoms with Crippen LogP contribution in [0.3, 0.4) is 0 Å². The summed E-state index contributed by atoms with van der Waals surface area (Å²) in [4.78, 5) is 0. The highest BCUT2D eigenvalue weighted by atomic mass is 79.9. The van der Waals surface area contributed by atoms with Crippen molar-refractivity contribution in [2.75, 3.05) is 0 Å². The Kier molecular flexibility index (Phi) is 3.83. The molecular weight excluding hydrogens is 295 g/mol. The van der Waals surface area contributed by atoms with Crippen LogP contribution in [0.4, 0.5) is 4.39 Å². The van der Waals surface area contributed by atoms with E-state index in [9.17, 15) is 9.50 Å². The largest absolute Gasteiger partial charge is 0.385 e. The number of hydrogen-bond acceptors (Lipinski definition) is 1. The van der Waals surface area contributed by atoms with Crippen molar-refractivity contribution in [2.45, 2.75) is 18.9 Å². The fourth-order valence-electron chi connectivity index (χ4n) is 1.93. The lowest BCUT2D eigenvalue weighted by Gasteiger charge is -2.24. The van der Waals surface area contributed by atoms with Gasteiger partial charge in [0, 0.05) is 10.9 Å². The van der Waals surface area contributed by atoms with Gasteiger partial charge in [-0.3, -0.25) is 0 Å². The van der Waals surface area contributed by atoms with Crippen LogP contribution in [-0.4, -0.2) is 5.11 Å². The fraction of sp³-hybridized carbons (Fsp3) is 0.200. The summed E-state index contributed by atoms with van der Waals surface area (Å²) in [6, 6.07) is 13.8. The Balaban J connectivity index is 2.23. The molecule has 0 spiro atoms. The van der Waals surface area contributed by atoms with Gasteiger partial charge >= 0.3 is 0 Å². The van der Waals surface area contributed by atoms with Gasteiger partial charge in [-0.2, -0.15) is 0 Å². The molecule has 18 heavy (non-hydrogen) atoms. The van der Waals surface area contributed by atoms with E-state index < -0.39 is 5.60 Å². The van der Waals surface area contributed by atoms with Crippen LogP contribution >= 0.6 is 15.9 Å². The number of rotatable bonds is 3. The summed E-state index contributed by atoms with van der Waals surface area (Å²) in [6.45, 7) is 1.76. The van der Waals surface area contributed by atoms with Gasteiger partial charge in [0.15, 0.2) is 0 Å². The van der Waals surface area contributed by atoms with Gasteiger partial charge in [0.2, 0.25) is 0 Å². The van der Waals surface area contributed by atoms with Crippen LogP contribution in [0.25, 0.3) is 0 Å². The van der Waals surface area contributed by atoms with Crippen molar-refractivity contribution in [1.82, 2.24) is 0 Å². The monoisotopic (exact) mass is 308 g/mol. The van der Waals surface area contributed by atoms with Crippen LogP contribution in [0.15, 0.2) is 53.0 Å². The number of aliphatic hydroxyl groups is 1. The van der Waals surface area contributed by atoms with Crippen LogP contribution in [-0.2, 0) is 12.0 Å². The van der Waals surface area contributed by atoms with Gasteiger partial charge in [-0.1, -0.05) is 40.2 Å². The summed E-state index contributed by atoms with van der Waals surface area (Å²) in [5.41, 5.74) is 0.768. The Bertz CT molecular complexity index is 534. The molecule has 0 bridgehead atoms. The fourth-order valence-corrected chi connectivity index (χ4v) is 2.32. The highest BCUT2D eigenvalue weighted by Crippen LogP contribution is 2.27. The Morgan fingerprint density at radius 1 is 1.17 bits per heavy atom. The summed E-state index contributed by atoms with van der Waals surface area (Å²) in [5.74, 6) is -0.263. The topological polar surface area (TPSA) is 20.2 Å². The lowest BCUT2D eigenvalue weighted by Crippen LogP contribution is -2.24. The third-order valence-electron chi connectivity index (χ3n) is 2.91. The minimum absolute atomic E-state index is 0.263. The maximum Gasteiger partial charge on any atom is 0.123 e. The quantitative estimate of drug-likeness (QED) is 0.907. The van der Waals surface area contributed by atoms with E-state index in [4.69, 9.17) is 0 Å². The second-order valence-electron chi connectivity index (χ2n) is 4.59. The van der Waals surface area contributed by atoms with Crippen molar-refractivity contribution in [1.29, 1.82) is 0 Å². The zero-order valence-electron chi connectivity index (χ0n) is 10.0. The van der Waals surface area contributed by atoms with Crippen LogP contribution in [0.2, 0.25) is 0 Å². The molecule has 0 saturated heterocycles. The Morgan fingerprint density at radius 2 is 1.83 bits per heavy atom. The number of benzene rings is 2. The van der Waals surface area contributed by atoms with Crippen LogP contribution < -0.4 is 0 Å². The molecule has 1 N–H and O–H groups in total. The molecule has 0 aliphatic heterocycles. The number of hydrogen-bond donors (Lipinski definition) is 1. The highest BCUT2D eigenvalue weighted by Gasteiger charge is 2.23. The highest BCUT2D eigenvalue weighted by molar-refractivity contribution is 9.10. The molecule has 94 valence electrons. The predicted molar refractivity (Wildman–Crippen MR) is 73.8 cm³/mol. The van der Waals surface area contributed by atoms with Crippen molar-refractivity contribution in [2.24, 2.45) is 0 Å². The molecule has 2 rings (SSSR count). The number of halogens is 2. The summed E-state index contributed by atoms with van der Waals surface area (Å²) >= 11 is 3.39. The van der Waals surface area contributed by atoms with Gasteiger partial charge in [-0.05, 0) is 42.3 Å². The first kappa shape index (κ1) is 13.2. The van der Waals surface area contributed by atoms with E-state index in [-0.39, 0.29) is 5.82 Å². The van der Waals surface area contributed by atoms with Gasteiger partial charge in [-0.15, -0.1) is 0 Å². The molecule has 0 saturated carbocycles. The van der Waals surface area contributed by atoms with Crippen molar-refractivity contribution in [3.8, 4) is 0 Å². The third kappa shape index (κ3) is 3.18. The van der Waals surface area contributed by atoms with E-state index in [1.54, 1.807) is 19.1 Å². The zero-order valence-corrected chi connectivity index (χ0v) is 11.6. The maximum absolute atomic E-state index is 12.8. The summed E-state index contributed by atoms with van der Waals surface area (Å²) in [7, 11) is 0. The summed E-state index contributed by atoms with van der Waals surface area (Å²) in [5, 5.41) is 10.5. The molecule has 0 heterocycles. The average molecular weight is 309 g/mol. The van der Waals surface area contributed by atoms with Gasteiger partial charge in [-0.25, -0.2) is 4.39 Å². The van der Waals surface area contributed by atoms with Crippen molar-refractivity contribution >= 4 is 15.9 Å². The SMILES string of the molecule is CC(O)(Cc1ccc(F)cc1)c1cccc(Br)c1. The standard InChI is InChI=1S/C15H14BrFO/c1-15(18,12-3-2-4-13(16)9-12)10-11-5-7-14(17)8-6-11/h2-9,18H,10H2,1H3. The third-order valence-corrected chi connectivity index (χ3v) is 3.40. The summed E-state index contributed by atoms with van der Waals surface area (Å²) < 4.78 is 13.8. The maximum atomic E-state index is 12.8. The smallest absolute Gasteiger partial charge is 0.123 e. The van der Waals surface area contributed by atoms with Crippen molar-refractivity contribution in [3.05, 3.63) is 69.9 Å². The molecule has 0 aliphatic carbocycles. The Labute approximate surface area is 114 Å². The van der Waals surface area contributed by atoms with Crippen molar-refractivity contribution in [3.63, 3.8) is 0 Å². The van der Waals surface area contributed by atoms with E-state index in [1.807, 2.05) is 24.3 Å². The Hall–Kier alpha value is -1.19. The molecule has 0 amide bonds. The van der Waals surface area contributed by atoms with Gasteiger partial charge < -0.3 is 5.11 Å². The van der Waals surface area contributed by atoms with E-state index in [0.717, 1.165) is 15.6 Å². The average Bonchev–Trinajstić information content (AvgIpc) is 2.32. The minimum Gasteiger partial charge on any atom is -0.385 e. The van der Waals surface area contributed by atoms with Crippen LogP contribution in [0.1, 0.15) is 18.1 Å². The second-order valence-corrected chi connectivity index (χ2v) is 5.50. The molecule has 0 aliphatic rings. The lowest BCUT2D eigenvalue weighted by atomic mass is 9.89. The van der Waals surface area contributed by atoms with E-state index >= 15 is 0 Å². The van der Waals surface area contributed by atoms with Crippen molar-refractivity contribution < 1.29 is 9.50 Å². The first-order chi connectivity index (χ1) is 8.47. The predicted octanol–water partition coefficient (Wildman–Crippen LogP) is 4.04. The normalized spacial score (nSPS) is 14.2. The Morgan fingerprint density at radius 3 is 2.44 bits per heavy atom. The first-order valence-electron chi connectivity index (χ1n) is 5.70. The molecule has 0 radical (unpaired) electrons. The molecule has 2 aromatic rings. The zero-order chi connectivity index (χ0) is 13.2. The van der Waals surface area contributed by atoms with Crippen LogP contribution in [0, 0.1) is 5.82 Å². The molecule has 1 nitrogen and oxygen atoms in total. The van der Waals surface area contributed by atoms with Gasteiger partial charge in [0.25, 0.3) is 0 Å². The molecular formula is C15H14BrFO. The summed E-state index contributed by atoms with van der Waals surface area (Å²) in [6.07, 6.45) is 0.448. The lowest BCUT2D eigenvalue weighted by molar-refractivity contribution is 0.0575. The minimum atomic E-state index is -0.971. The van der Waals surface area contributed by atoms with E-state index in [1.165, 1.54) is 12.1 Å². The first-order valence-corrected chi connectivity index (χ1v) is 6.49. The van der Waals surface area contributed by atoms with E-state index in [0.29, 0.717) is 6.42 Å². The van der Waals surface area contributed by atoms with E-state index in [2.05, 4.69) is 15.9 Å². The molecule has 0 fully saturated rings. The molecule has 0 aromatic heterocycles. The van der Waals surface area contributed by atoms with Crippen LogP contribution in [0.5, 0.6) is 0 Å². The molecule has 3 heteroatoms. The molecule has 1 unspecified atom stereocenters. The van der Waals surface area contributed by atoms with Gasteiger partial charge in [0.1, 0.15) is 5.82 Å². The molecule has 1 atom stereocenters. The molecule has 2 aromatic carbocycles.